The largest absolute Gasteiger partial charge is 0.279 e. The minimum Gasteiger partial charge on any atom is -0.279 e. The molecule has 0 heterocycles. The molecule has 0 saturated carbocycles. The van der Waals surface area contributed by atoms with E-state index in [-0.39, 0.29) is 21.7 Å². The van der Waals surface area contributed by atoms with E-state index in [4.69, 9.17) is 0 Å². The topological polar surface area (TPSA) is 89.3 Å². The zero-order valence-electron chi connectivity index (χ0n) is 14.0. The minimum atomic E-state index is -3.83. The van der Waals surface area contributed by atoms with Crippen LogP contribution in [0.2, 0.25) is 0 Å². The van der Waals surface area contributed by atoms with Crippen LogP contribution in [0.3, 0.4) is 0 Å². The monoisotopic (exact) mass is 348 g/mol. The number of anilines is 1. The van der Waals surface area contributed by atoms with Crippen LogP contribution >= 0.6 is 0 Å². The van der Waals surface area contributed by atoms with Crippen LogP contribution < -0.4 is 4.72 Å². The van der Waals surface area contributed by atoms with Gasteiger partial charge in [0.25, 0.3) is 15.7 Å². The summed E-state index contributed by atoms with van der Waals surface area (Å²) < 4.78 is 27.7. The van der Waals surface area contributed by atoms with E-state index in [9.17, 15) is 18.5 Å². The Kier molecular flexibility index (Phi) is 4.66. The van der Waals surface area contributed by atoms with Crippen LogP contribution in [0.4, 0.5) is 11.4 Å². The Hall–Kier alpha value is -2.41. The van der Waals surface area contributed by atoms with Crippen LogP contribution in [0.5, 0.6) is 0 Å². The average Bonchev–Trinajstić information content (AvgIpc) is 2.45. The Balaban J connectivity index is 2.52. The van der Waals surface area contributed by atoms with Crippen molar-refractivity contribution in [2.75, 3.05) is 4.72 Å². The summed E-state index contributed by atoms with van der Waals surface area (Å²) in [5.41, 5.74) is 1.31. The maximum absolute atomic E-state index is 12.6. The molecule has 0 aliphatic heterocycles. The van der Waals surface area contributed by atoms with Gasteiger partial charge in [0.05, 0.1) is 15.5 Å². The van der Waals surface area contributed by atoms with Crippen molar-refractivity contribution >= 4 is 21.4 Å². The van der Waals surface area contributed by atoms with E-state index in [1.807, 2.05) is 27.7 Å². The molecule has 2 aromatic carbocycles. The molecule has 0 aliphatic rings. The fourth-order valence-corrected chi connectivity index (χ4v) is 3.38. The first-order valence-corrected chi connectivity index (χ1v) is 8.87. The Morgan fingerprint density at radius 3 is 2.12 bits per heavy atom. The fraction of sp³-hybridized carbons (Fsp3) is 0.294. The zero-order valence-corrected chi connectivity index (χ0v) is 14.8. The van der Waals surface area contributed by atoms with Gasteiger partial charge in [0.2, 0.25) is 0 Å². The molecule has 128 valence electrons. The van der Waals surface area contributed by atoms with Gasteiger partial charge in [-0.2, -0.15) is 0 Å². The lowest BCUT2D eigenvalue weighted by Gasteiger charge is -2.23. The maximum atomic E-state index is 12.6. The van der Waals surface area contributed by atoms with Gasteiger partial charge in [0.15, 0.2) is 0 Å². The Bertz CT molecular complexity index is 866. The highest BCUT2D eigenvalue weighted by atomic mass is 32.2. The molecule has 1 N–H and O–H groups in total. The number of sulfonamides is 1. The van der Waals surface area contributed by atoms with Crippen molar-refractivity contribution in [1.82, 2.24) is 0 Å². The number of hydrogen-bond acceptors (Lipinski definition) is 4. The maximum Gasteiger partial charge on any atom is 0.271 e. The van der Waals surface area contributed by atoms with Crippen molar-refractivity contribution in [2.45, 2.75) is 38.0 Å². The number of nitro groups is 1. The van der Waals surface area contributed by atoms with Crippen LogP contribution in [0.1, 0.15) is 31.9 Å². The van der Waals surface area contributed by atoms with Gasteiger partial charge >= 0.3 is 0 Å². The molecule has 0 radical (unpaired) electrons. The first-order valence-electron chi connectivity index (χ1n) is 7.39. The van der Waals surface area contributed by atoms with E-state index in [0.29, 0.717) is 5.56 Å². The third kappa shape index (κ3) is 3.91. The van der Waals surface area contributed by atoms with Crippen molar-refractivity contribution in [2.24, 2.45) is 0 Å². The van der Waals surface area contributed by atoms with E-state index < -0.39 is 14.9 Å². The van der Waals surface area contributed by atoms with Gasteiger partial charge in [0, 0.05) is 12.1 Å². The molecule has 0 aromatic heterocycles. The van der Waals surface area contributed by atoms with Gasteiger partial charge in [-0.1, -0.05) is 38.5 Å². The number of benzene rings is 2. The summed E-state index contributed by atoms with van der Waals surface area (Å²) in [6.45, 7) is 7.61. The number of nitro benzene ring substituents is 1. The van der Waals surface area contributed by atoms with E-state index >= 15 is 0 Å². The predicted molar refractivity (Wildman–Crippen MR) is 93.8 cm³/mol. The third-order valence-corrected chi connectivity index (χ3v) is 4.98. The van der Waals surface area contributed by atoms with Crippen LogP contribution in [-0.4, -0.2) is 13.3 Å². The summed E-state index contributed by atoms with van der Waals surface area (Å²) in [6.07, 6.45) is 0. The zero-order chi connectivity index (χ0) is 18.1. The first kappa shape index (κ1) is 17.9. The second-order valence-corrected chi connectivity index (χ2v) is 8.34. The average molecular weight is 348 g/mol. The lowest BCUT2D eigenvalue weighted by Crippen LogP contribution is -2.19. The highest BCUT2D eigenvalue weighted by molar-refractivity contribution is 7.92. The SMILES string of the molecule is Cc1ccc(S(=O)(=O)Nc2cc([N+](=O)[O-])ccc2C(C)(C)C)cc1. The molecule has 0 saturated heterocycles. The molecule has 0 fully saturated rings. The van der Waals surface area contributed by atoms with Gasteiger partial charge in [-0.25, -0.2) is 8.42 Å². The molecule has 2 rings (SSSR count). The van der Waals surface area contributed by atoms with Gasteiger partial charge in [-0.05, 0) is 36.1 Å². The molecule has 2 aromatic rings. The van der Waals surface area contributed by atoms with Crippen LogP contribution in [0.15, 0.2) is 47.4 Å². The fourth-order valence-electron chi connectivity index (χ4n) is 2.31. The summed E-state index contributed by atoms with van der Waals surface area (Å²) >= 11 is 0. The Morgan fingerprint density at radius 2 is 1.62 bits per heavy atom. The number of hydrogen-bond donors (Lipinski definition) is 1. The molecule has 0 atom stereocenters. The van der Waals surface area contributed by atoms with Crippen molar-refractivity contribution < 1.29 is 13.3 Å². The quantitative estimate of drug-likeness (QED) is 0.668. The number of rotatable bonds is 4. The summed E-state index contributed by atoms with van der Waals surface area (Å²) in [5.74, 6) is 0. The van der Waals surface area contributed by atoms with E-state index in [0.717, 1.165) is 5.56 Å². The van der Waals surface area contributed by atoms with Crippen LogP contribution in [0.25, 0.3) is 0 Å². The highest BCUT2D eigenvalue weighted by Gasteiger charge is 2.24. The number of non-ortho nitro benzene ring substituents is 1. The van der Waals surface area contributed by atoms with Crippen LogP contribution in [-0.2, 0) is 15.4 Å². The third-order valence-electron chi connectivity index (χ3n) is 3.60. The van der Waals surface area contributed by atoms with Crippen LogP contribution in [0, 0.1) is 17.0 Å². The standard InChI is InChI=1S/C17H20N2O4S/c1-12-5-8-14(9-6-12)24(22,23)18-16-11-13(19(20)21)7-10-15(16)17(2,3)4/h5-11,18H,1-4H3. The van der Waals surface area contributed by atoms with Gasteiger partial charge < -0.3 is 0 Å². The minimum absolute atomic E-state index is 0.111. The lowest BCUT2D eigenvalue weighted by molar-refractivity contribution is -0.384. The van der Waals surface area contributed by atoms with Crippen molar-refractivity contribution in [3.05, 3.63) is 63.7 Å². The smallest absolute Gasteiger partial charge is 0.271 e. The molecule has 0 bridgehead atoms. The normalized spacial score (nSPS) is 12.0. The summed E-state index contributed by atoms with van der Waals surface area (Å²) in [7, 11) is -3.83. The molecule has 24 heavy (non-hydrogen) atoms. The molecule has 0 aliphatic carbocycles. The lowest BCUT2D eigenvalue weighted by atomic mass is 9.86. The summed E-state index contributed by atoms with van der Waals surface area (Å²) in [4.78, 5) is 10.6. The molecular formula is C17H20N2O4S. The van der Waals surface area contributed by atoms with Gasteiger partial charge in [-0.15, -0.1) is 0 Å². The summed E-state index contributed by atoms with van der Waals surface area (Å²) in [6, 6.07) is 10.6. The van der Waals surface area contributed by atoms with E-state index in [1.165, 1.54) is 24.3 Å². The van der Waals surface area contributed by atoms with E-state index in [1.54, 1.807) is 18.2 Å². The summed E-state index contributed by atoms with van der Waals surface area (Å²) in [5, 5.41) is 11.0. The highest BCUT2D eigenvalue weighted by Crippen LogP contribution is 2.33. The first-order chi connectivity index (χ1) is 11.0. The van der Waals surface area contributed by atoms with Crippen molar-refractivity contribution in [3.8, 4) is 0 Å². The number of nitrogens with zero attached hydrogens (tertiary/aromatic N) is 1. The molecular weight excluding hydrogens is 328 g/mol. The number of nitrogens with one attached hydrogen (secondary N) is 1. The molecule has 0 amide bonds. The predicted octanol–water partition coefficient (Wildman–Crippen LogP) is 4.00. The second-order valence-electron chi connectivity index (χ2n) is 6.66. The van der Waals surface area contributed by atoms with Crippen molar-refractivity contribution in [1.29, 1.82) is 0 Å². The Morgan fingerprint density at radius 1 is 1.04 bits per heavy atom. The van der Waals surface area contributed by atoms with Crippen molar-refractivity contribution in [3.63, 3.8) is 0 Å². The van der Waals surface area contributed by atoms with Gasteiger partial charge in [-0.3, -0.25) is 14.8 Å². The van der Waals surface area contributed by atoms with E-state index in [2.05, 4.69) is 4.72 Å². The molecule has 6 nitrogen and oxygen atoms in total. The molecule has 7 heteroatoms. The molecule has 0 unspecified atom stereocenters. The number of aryl methyl sites for hydroxylation is 1. The second kappa shape index (κ2) is 6.24. The Labute approximate surface area is 141 Å². The molecule has 0 spiro atoms. The van der Waals surface area contributed by atoms with Gasteiger partial charge in [0.1, 0.15) is 0 Å².